The normalized spacial score (nSPS) is 15.5. The second kappa shape index (κ2) is 44.4. The van der Waals surface area contributed by atoms with Crippen molar-refractivity contribution in [1.82, 2.24) is 0 Å². The van der Waals surface area contributed by atoms with Crippen molar-refractivity contribution in [2.45, 2.75) is 150 Å². The Morgan fingerprint density at radius 3 is 0.724 bits per heavy atom. The molecule has 3 unspecified atom stereocenters. The molecule has 12 N–H and O–H groups in total. The highest BCUT2D eigenvalue weighted by Crippen LogP contribution is 2.55. The topological polar surface area (TPSA) is 243 Å². The van der Waals surface area contributed by atoms with Crippen LogP contribution in [0.1, 0.15) is 238 Å². The van der Waals surface area contributed by atoms with Gasteiger partial charge in [-0.25, -0.2) is 0 Å². The first-order valence-corrected chi connectivity index (χ1v) is 47.2. The third-order valence-corrected chi connectivity index (χ3v) is 27.8. The molecule has 21 rings (SSSR count). The van der Waals surface area contributed by atoms with Gasteiger partial charge in [0, 0.05) is 35.5 Å². The molecule has 0 aliphatic heterocycles. The van der Waals surface area contributed by atoms with Gasteiger partial charge < -0.3 is 61.3 Å². The van der Waals surface area contributed by atoms with Crippen LogP contribution in [0.3, 0.4) is 0 Å². The summed E-state index contributed by atoms with van der Waals surface area (Å²) >= 11 is 0. The Hall–Kier alpha value is -14.9. The molecule has 3 atom stereocenters. The highest BCUT2D eigenvalue weighted by atomic mass is 16.3. The molecule has 0 heterocycles. The van der Waals surface area contributed by atoms with Crippen molar-refractivity contribution in [2.24, 2.45) is 11.8 Å². The van der Waals surface area contributed by atoms with Crippen LogP contribution in [-0.2, 0) is 6.42 Å². The van der Waals surface area contributed by atoms with Crippen LogP contribution in [0.25, 0.3) is 11.1 Å². The van der Waals surface area contributed by atoms with Crippen LogP contribution in [0.15, 0.2) is 394 Å². The van der Waals surface area contributed by atoms with E-state index in [4.69, 9.17) is 0 Å². The zero-order valence-corrected chi connectivity index (χ0v) is 75.4. The van der Waals surface area contributed by atoms with Crippen molar-refractivity contribution in [2.75, 3.05) is 0 Å². The first-order chi connectivity index (χ1) is 65.4. The molecule has 0 bridgehead atoms. The highest BCUT2D eigenvalue weighted by Gasteiger charge is 2.38. The van der Waals surface area contributed by atoms with Crippen LogP contribution in [-0.4, -0.2) is 61.3 Å². The average molecular weight is 1780 g/mol. The number of aromatic hydroxyl groups is 12. The zero-order valence-electron chi connectivity index (χ0n) is 75.4. The van der Waals surface area contributed by atoms with E-state index < -0.39 is 0 Å². The number of hydrogen-bond acceptors (Lipinski definition) is 12. The quantitative estimate of drug-likeness (QED) is 0.0381. The van der Waals surface area contributed by atoms with Crippen LogP contribution in [0.4, 0.5) is 0 Å². The average Bonchev–Trinajstić information content (AvgIpc) is 1.63. The van der Waals surface area contributed by atoms with E-state index in [2.05, 4.69) is 84.9 Å². The summed E-state index contributed by atoms with van der Waals surface area (Å²) in [5.41, 5.74) is 23.7. The molecule has 134 heavy (non-hydrogen) atoms. The SMILES string of the molecule is Oc1ccc(C(c2ccc(O)cc2)C2CCCC2)cc1.Oc1ccc(C(c2ccc(O)cc2)C2CCCCC2)cc1.Oc1ccc(C(c2ccc(O)cc2)C2CCc3ccccc32)cc1.Oc1ccc(C(c2ccc(O)cc2)C2c3ccccc3-c3ccccc32)cc1.Oc1ccc(C(c2ccccc2)c2ccc(O)cc2)cc1.Oc1ccc(C2CCCCC2c2ccc(O)cc2)cc1. The predicted octanol–water partition coefficient (Wildman–Crippen LogP) is 29.0. The molecule has 12 nitrogen and oxygen atoms in total. The molecule has 0 spiro atoms. The molecular formula is C122H118O12. The number of aryl methyl sites for hydroxylation is 1. The fourth-order valence-electron chi connectivity index (χ4n) is 21.3. The Kier molecular flexibility index (Phi) is 30.6. The van der Waals surface area contributed by atoms with Gasteiger partial charge in [0.05, 0.1) is 0 Å². The lowest BCUT2D eigenvalue weighted by molar-refractivity contribution is 0.327. The Morgan fingerprint density at radius 2 is 0.410 bits per heavy atom. The van der Waals surface area contributed by atoms with Crippen molar-refractivity contribution in [3.05, 3.63) is 489 Å². The van der Waals surface area contributed by atoms with E-state index in [1.807, 2.05) is 164 Å². The van der Waals surface area contributed by atoms with E-state index >= 15 is 0 Å². The van der Waals surface area contributed by atoms with Crippen LogP contribution in [0, 0.1) is 11.8 Å². The van der Waals surface area contributed by atoms with E-state index in [0.29, 0.717) is 75.9 Å². The summed E-state index contributed by atoms with van der Waals surface area (Å²) in [6.45, 7) is 0. The third-order valence-electron chi connectivity index (χ3n) is 27.8. The smallest absolute Gasteiger partial charge is 0.115 e. The van der Waals surface area contributed by atoms with Gasteiger partial charge in [-0.2, -0.15) is 0 Å². The van der Waals surface area contributed by atoms with Crippen LogP contribution < -0.4 is 0 Å². The van der Waals surface area contributed by atoms with Gasteiger partial charge in [-0.15, -0.1) is 0 Å². The van der Waals surface area contributed by atoms with Gasteiger partial charge in [0.1, 0.15) is 69.0 Å². The zero-order chi connectivity index (χ0) is 92.8. The molecule has 0 amide bonds. The summed E-state index contributed by atoms with van der Waals surface area (Å²) in [4.78, 5) is 0. The van der Waals surface area contributed by atoms with Gasteiger partial charge in [0.2, 0.25) is 0 Å². The van der Waals surface area contributed by atoms with Gasteiger partial charge >= 0.3 is 0 Å². The largest absolute Gasteiger partial charge is 0.508 e. The first-order valence-electron chi connectivity index (χ1n) is 47.2. The molecule has 12 heteroatoms. The van der Waals surface area contributed by atoms with E-state index in [9.17, 15) is 61.3 Å². The lowest BCUT2D eigenvalue weighted by Crippen LogP contribution is -2.17. The molecule has 16 aromatic rings. The lowest BCUT2D eigenvalue weighted by atomic mass is 9.72. The van der Waals surface area contributed by atoms with Gasteiger partial charge in [-0.3, -0.25) is 0 Å². The number of fused-ring (bicyclic) bond motifs is 4. The van der Waals surface area contributed by atoms with E-state index in [0.717, 1.165) is 35.1 Å². The monoisotopic (exact) mass is 1770 g/mol. The first kappa shape index (κ1) is 92.4. The highest BCUT2D eigenvalue weighted by molar-refractivity contribution is 5.80. The van der Waals surface area contributed by atoms with Crippen molar-refractivity contribution < 1.29 is 61.3 Å². The minimum atomic E-state index is 0.0750. The fraction of sp³-hybridized carbons (Fsp3) is 0.213. The summed E-state index contributed by atoms with van der Waals surface area (Å²) < 4.78 is 0. The number of phenols is 12. The predicted molar refractivity (Wildman–Crippen MR) is 536 cm³/mol. The molecule has 3 fully saturated rings. The Bertz CT molecular complexity index is 6020. The fourth-order valence-corrected chi connectivity index (χ4v) is 21.3. The van der Waals surface area contributed by atoms with E-state index in [-0.39, 0.29) is 58.2 Å². The number of rotatable bonds is 17. The molecule has 5 aliphatic carbocycles. The molecule has 0 aromatic heterocycles. The summed E-state index contributed by atoms with van der Waals surface area (Å²) in [7, 11) is 0. The second-order valence-corrected chi connectivity index (χ2v) is 36.3. The van der Waals surface area contributed by atoms with Gasteiger partial charge in [-0.05, 0) is 332 Å². The van der Waals surface area contributed by atoms with Crippen molar-refractivity contribution in [3.63, 3.8) is 0 Å². The molecule has 678 valence electrons. The van der Waals surface area contributed by atoms with Gasteiger partial charge in [-0.1, -0.05) is 294 Å². The second-order valence-electron chi connectivity index (χ2n) is 36.3. The van der Waals surface area contributed by atoms with Crippen LogP contribution >= 0.6 is 0 Å². The van der Waals surface area contributed by atoms with Crippen molar-refractivity contribution in [1.29, 1.82) is 0 Å². The maximum atomic E-state index is 9.79. The molecule has 3 saturated carbocycles. The van der Waals surface area contributed by atoms with E-state index in [1.54, 1.807) is 146 Å². The lowest BCUT2D eigenvalue weighted by Gasteiger charge is -2.32. The molecular weight excluding hydrogens is 1660 g/mol. The minimum Gasteiger partial charge on any atom is -0.508 e. The Morgan fingerprint density at radius 1 is 0.179 bits per heavy atom. The number of phenolic OH excluding ortho intramolecular Hbond substituents is 12. The van der Waals surface area contributed by atoms with Gasteiger partial charge in [0.25, 0.3) is 0 Å². The van der Waals surface area contributed by atoms with Crippen LogP contribution in [0.2, 0.25) is 0 Å². The van der Waals surface area contributed by atoms with Gasteiger partial charge in [0.15, 0.2) is 0 Å². The minimum absolute atomic E-state index is 0.0750. The number of hydrogen-bond donors (Lipinski definition) is 12. The van der Waals surface area contributed by atoms with Crippen molar-refractivity contribution >= 4 is 0 Å². The Balaban J connectivity index is 0.000000117. The maximum Gasteiger partial charge on any atom is 0.115 e. The summed E-state index contributed by atoms with van der Waals surface area (Å²) in [5.74, 6) is 7.50. The summed E-state index contributed by atoms with van der Waals surface area (Å²) in [5, 5.41) is 115. The van der Waals surface area contributed by atoms with E-state index in [1.165, 1.54) is 167 Å². The molecule has 5 aliphatic rings. The standard InChI is InChI=1S/C26H20O2.C22H20O2.C19H22O2.C19H16O2.2C18H20O2/c27-19-13-9-17(10-14-19)25(18-11-15-20(28)16-12-18)26-23-7-3-1-5-21(23)22-6-2-4-8-24(22)26;23-18-10-5-16(6-11-18)22(17-7-12-19(24)13-8-17)21-14-9-15-3-1-2-4-20(15)21;2*20-17-10-6-15(7-11-17)19(14-4-2-1-3-5-14)16-8-12-18(21)13-9-16;19-15-9-5-13(6-10-15)17-3-1-2-4-18(17)14-7-11-16(20)12-8-14;19-16-9-5-14(6-10-16)18(13-3-1-2-4-13)15-7-11-17(20)12-8-15/h1-16,25-28H;1-8,10-13,21-24H,9,14H2;6-14,19-21H,1-5H2;1-13,19-21H;5-12,17-20H,1-4H2;5-13,18-20H,1-4H2. The van der Waals surface area contributed by atoms with Crippen LogP contribution in [0.5, 0.6) is 69.0 Å². The number of benzene rings is 16. The molecule has 16 aromatic carbocycles. The summed E-state index contributed by atoms with van der Waals surface area (Å²) in [6, 6.07) is 126. The molecule has 0 saturated heterocycles. The van der Waals surface area contributed by atoms with Crippen molar-refractivity contribution in [3.8, 4) is 80.1 Å². The summed E-state index contributed by atoms with van der Waals surface area (Å²) in [6.07, 6.45) is 18.7. The Labute approximate surface area is 786 Å². The third kappa shape index (κ3) is 23.2. The maximum absolute atomic E-state index is 9.79. The molecule has 0 radical (unpaired) electrons.